The molecule has 5 heteroatoms. The Morgan fingerprint density at radius 3 is 2.96 bits per heavy atom. The second kappa shape index (κ2) is 7.39. The summed E-state index contributed by atoms with van der Waals surface area (Å²) in [4.78, 5) is 20.4. The molecule has 2 heterocycles. The molecule has 1 saturated heterocycles. The highest BCUT2D eigenvalue weighted by molar-refractivity contribution is 5.88. The van der Waals surface area contributed by atoms with Crippen LogP contribution in [0.1, 0.15) is 37.3 Å². The molecule has 4 rings (SSSR count). The number of hydrogen-bond donors (Lipinski definition) is 2. The standard InChI is InChI=1S/C22H30N4O/c1-4-10-26-14-16(24-22(27)25(5-2)6-3)12-18-17-8-7-9-19-21(17)15(13-23-19)11-20(18)26/h4,7-9,13,16,18,20,23H,1,5-6,10-12,14H2,2-3H3,(H,24,27)/t16-,18?,20+/m0/s1. The summed E-state index contributed by atoms with van der Waals surface area (Å²) >= 11 is 0. The number of urea groups is 1. The SMILES string of the molecule is C=CCN1C[C@@H](NC(=O)N(CC)CC)CC2c3cccc4[nH]cc(c34)C[C@H]21. The topological polar surface area (TPSA) is 51.4 Å². The lowest BCUT2D eigenvalue weighted by atomic mass is 9.74. The van der Waals surface area contributed by atoms with Crippen molar-refractivity contribution >= 4 is 16.9 Å². The first-order valence-electron chi connectivity index (χ1n) is 10.2. The molecule has 2 aliphatic rings. The summed E-state index contributed by atoms with van der Waals surface area (Å²) in [7, 11) is 0. The zero-order valence-electron chi connectivity index (χ0n) is 16.4. The van der Waals surface area contributed by atoms with Gasteiger partial charge in [0, 0.05) is 61.3 Å². The van der Waals surface area contributed by atoms with Crippen LogP contribution in [0, 0.1) is 0 Å². The fraction of sp³-hybridized carbons (Fsp3) is 0.500. The zero-order chi connectivity index (χ0) is 19.0. The van der Waals surface area contributed by atoms with Crippen molar-refractivity contribution in [3.05, 3.63) is 48.2 Å². The summed E-state index contributed by atoms with van der Waals surface area (Å²) in [6.45, 7) is 11.2. The van der Waals surface area contributed by atoms with E-state index >= 15 is 0 Å². The lowest BCUT2D eigenvalue weighted by molar-refractivity contribution is 0.110. The van der Waals surface area contributed by atoms with Crippen molar-refractivity contribution in [3.8, 4) is 0 Å². The van der Waals surface area contributed by atoms with Crippen molar-refractivity contribution in [1.29, 1.82) is 0 Å². The Morgan fingerprint density at radius 2 is 2.22 bits per heavy atom. The van der Waals surface area contributed by atoms with E-state index in [0.29, 0.717) is 12.0 Å². The molecule has 5 nitrogen and oxygen atoms in total. The van der Waals surface area contributed by atoms with Crippen molar-refractivity contribution in [2.24, 2.45) is 0 Å². The van der Waals surface area contributed by atoms with Crippen LogP contribution >= 0.6 is 0 Å². The number of nitrogens with zero attached hydrogens (tertiary/aromatic N) is 2. The van der Waals surface area contributed by atoms with E-state index in [1.54, 1.807) is 0 Å². The van der Waals surface area contributed by atoms with Crippen LogP contribution in [0.3, 0.4) is 0 Å². The Bertz CT molecular complexity index is 838. The maximum absolute atomic E-state index is 12.6. The molecule has 2 aromatic rings. The van der Waals surface area contributed by atoms with Crippen molar-refractivity contribution in [3.63, 3.8) is 0 Å². The van der Waals surface area contributed by atoms with Gasteiger partial charge in [-0.05, 0) is 43.9 Å². The smallest absolute Gasteiger partial charge is 0.317 e. The van der Waals surface area contributed by atoms with Gasteiger partial charge in [-0.15, -0.1) is 6.58 Å². The molecule has 1 fully saturated rings. The molecule has 1 aromatic carbocycles. The van der Waals surface area contributed by atoms with Crippen LogP contribution in [-0.4, -0.2) is 59.1 Å². The molecule has 27 heavy (non-hydrogen) atoms. The van der Waals surface area contributed by atoms with Crippen molar-refractivity contribution in [2.75, 3.05) is 26.2 Å². The molecule has 0 spiro atoms. The first kappa shape index (κ1) is 18.1. The Hall–Kier alpha value is -2.27. The van der Waals surface area contributed by atoms with Gasteiger partial charge in [0.2, 0.25) is 0 Å². The van der Waals surface area contributed by atoms with Gasteiger partial charge in [0.1, 0.15) is 0 Å². The third kappa shape index (κ3) is 3.14. The molecule has 0 saturated carbocycles. The van der Waals surface area contributed by atoms with E-state index in [1.807, 2.05) is 24.8 Å². The largest absolute Gasteiger partial charge is 0.361 e. The molecule has 1 aromatic heterocycles. The average Bonchev–Trinajstić information content (AvgIpc) is 3.08. The van der Waals surface area contributed by atoms with Gasteiger partial charge in [-0.25, -0.2) is 4.79 Å². The van der Waals surface area contributed by atoms with Crippen LogP contribution in [0.15, 0.2) is 37.1 Å². The number of carbonyl (C=O) groups excluding carboxylic acids is 1. The number of aromatic nitrogens is 1. The van der Waals surface area contributed by atoms with Gasteiger partial charge in [0.25, 0.3) is 0 Å². The van der Waals surface area contributed by atoms with Gasteiger partial charge >= 0.3 is 6.03 Å². The van der Waals surface area contributed by atoms with Gasteiger partial charge in [-0.3, -0.25) is 4.90 Å². The van der Waals surface area contributed by atoms with Gasteiger partial charge in [0.05, 0.1) is 0 Å². The van der Waals surface area contributed by atoms with Crippen LogP contribution in [0.2, 0.25) is 0 Å². The van der Waals surface area contributed by atoms with Crippen LogP contribution in [0.5, 0.6) is 0 Å². The number of hydrogen-bond acceptors (Lipinski definition) is 2. The molecule has 144 valence electrons. The molecule has 2 N–H and O–H groups in total. The van der Waals surface area contributed by atoms with E-state index in [-0.39, 0.29) is 12.1 Å². The lowest BCUT2D eigenvalue weighted by Crippen LogP contribution is -2.57. The maximum atomic E-state index is 12.6. The van der Waals surface area contributed by atoms with E-state index in [9.17, 15) is 4.79 Å². The molecular weight excluding hydrogens is 336 g/mol. The highest BCUT2D eigenvalue weighted by Crippen LogP contribution is 2.43. The third-order valence-corrected chi connectivity index (χ3v) is 6.32. The number of fused-ring (bicyclic) bond motifs is 2. The normalized spacial score (nSPS) is 24.4. The summed E-state index contributed by atoms with van der Waals surface area (Å²) in [6, 6.07) is 7.27. The number of rotatable bonds is 5. The molecule has 2 amide bonds. The summed E-state index contributed by atoms with van der Waals surface area (Å²) < 4.78 is 0. The van der Waals surface area contributed by atoms with Crippen LogP contribution in [0.25, 0.3) is 10.9 Å². The highest BCUT2D eigenvalue weighted by atomic mass is 16.2. The summed E-state index contributed by atoms with van der Waals surface area (Å²) in [5.74, 6) is 0.438. The first-order valence-corrected chi connectivity index (χ1v) is 10.2. The second-order valence-corrected chi connectivity index (χ2v) is 7.76. The molecule has 1 aliphatic heterocycles. The summed E-state index contributed by atoms with van der Waals surface area (Å²) in [6.07, 6.45) is 6.21. The number of benzene rings is 1. The summed E-state index contributed by atoms with van der Waals surface area (Å²) in [5, 5.41) is 4.69. The van der Waals surface area contributed by atoms with Gasteiger partial charge in [0.15, 0.2) is 0 Å². The van der Waals surface area contributed by atoms with Crippen molar-refractivity contribution < 1.29 is 4.79 Å². The molecular formula is C22H30N4O. The molecule has 0 radical (unpaired) electrons. The van der Waals surface area contributed by atoms with Gasteiger partial charge in [-0.2, -0.15) is 0 Å². The second-order valence-electron chi connectivity index (χ2n) is 7.76. The van der Waals surface area contributed by atoms with Crippen LogP contribution < -0.4 is 5.32 Å². The van der Waals surface area contributed by atoms with E-state index in [4.69, 9.17) is 0 Å². The molecule has 3 atom stereocenters. The molecule has 1 unspecified atom stereocenters. The van der Waals surface area contributed by atoms with Crippen LogP contribution in [0.4, 0.5) is 4.79 Å². The van der Waals surface area contributed by atoms with Crippen molar-refractivity contribution in [2.45, 2.75) is 44.7 Å². The van der Waals surface area contributed by atoms with E-state index in [1.165, 1.54) is 22.0 Å². The number of nitrogens with one attached hydrogen (secondary N) is 2. The lowest BCUT2D eigenvalue weighted by Gasteiger charge is -2.47. The summed E-state index contributed by atoms with van der Waals surface area (Å²) in [5.41, 5.74) is 4.07. The monoisotopic (exact) mass is 366 g/mol. The number of carbonyl (C=O) groups is 1. The minimum absolute atomic E-state index is 0.0540. The molecule has 0 bridgehead atoms. The first-order chi connectivity index (χ1) is 13.2. The Balaban J connectivity index is 1.63. The van der Waals surface area contributed by atoms with Crippen molar-refractivity contribution in [1.82, 2.24) is 20.1 Å². The highest BCUT2D eigenvalue weighted by Gasteiger charge is 2.40. The minimum Gasteiger partial charge on any atom is -0.361 e. The van der Waals surface area contributed by atoms with Gasteiger partial charge in [-0.1, -0.05) is 18.2 Å². The van der Waals surface area contributed by atoms with E-state index in [2.05, 4.69) is 46.2 Å². The number of amides is 2. The third-order valence-electron chi connectivity index (χ3n) is 6.32. The van der Waals surface area contributed by atoms with E-state index in [0.717, 1.165) is 39.0 Å². The minimum atomic E-state index is 0.0540. The van der Waals surface area contributed by atoms with Gasteiger partial charge < -0.3 is 15.2 Å². The number of aromatic amines is 1. The zero-order valence-corrected chi connectivity index (χ0v) is 16.4. The molecule has 1 aliphatic carbocycles. The van der Waals surface area contributed by atoms with Crippen LogP contribution in [-0.2, 0) is 6.42 Å². The van der Waals surface area contributed by atoms with E-state index < -0.39 is 0 Å². The number of H-pyrrole nitrogens is 1. The number of piperidine rings is 1. The predicted octanol–water partition coefficient (Wildman–Crippen LogP) is 3.49. The quantitative estimate of drug-likeness (QED) is 0.796. The fourth-order valence-corrected chi connectivity index (χ4v) is 5.05. The maximum Gasteiger partial charge on any atom is 0.317 e. The Kier molecular flexibility index (Phi) is 4.96. The predicted molar refractivity (Wildman–Crippen MR) is 110 cm³/mol. The Morgan fingerprint density at radius 1 is 1.41 bits per heavy atom. The average molecular weight is 367 g/mol. The number of likely N-dealkylation sites (tertiary alicyclic amines) is 1. The fourth-order valence-electron chi connectivity index (χ4n) is 5.05. The Labute approximate surface area is 161 Å².